The van der Waals surface area contributed by atoms with Crippen molar-refractivity contribution < 1.29 is 0 Å². The summed E-state index contributed by atoms with van der Waals surface area (Å²) in [6, 6.07) is 7.75. The van der Waals surface area contributed by atoms with Crippen molar-refractivity contribution in [3.8, 4) is 0 Å². The number of nitrogens with one attached hydrogen (secondary N) is 1. The zero-order valence-electron chi connectivity index (χ0n) is 10.6. The summed E-state index contributed by atoms with van der Waals surface area (Å²) in [7, 11) is 0. The van der Waals surface area contributed by atoms with Crippen LogP contribution in [0.5, 0.6) is 0 Å². The van der Waals surface area contributed by atoms with Gasteiger partial charge in [-0.3, -0.25) is 0 Å². The van der Waals surface area contributed by atoms with E-state index < -0.39 is 0 Å². The lowest BCUT2D eigenvalue weighted by atomic mass is 10.0. The van der Waals surface area contributed by atoms with Crippen LogP contribution in [0.25, 0.3) is 0 Å². The Hall–Kier alpha value is -0.820. The number of hydrogen-bond acceptors (Lipinski definition) is 1. The van der Waals surface area contributed by atoms with Crippen LogP contribution in [0.3, 0.4) is 0 Å². The fourth-order valence-corrected chi connectivity index (χ4v) is 1.67. The van der Waals surface area contributed by atoms with Crippen molar-refractivity contribution >= 4 is 0 Å². The first-order chi connectivity index (χ1) is 7.04. The highest BCUT2D eigenvalue weighted by atomic mass is 14.9. The van der Waals surface area contributed by atoms with E-state index in [0.717, 1.165) is 0 Å². The lowest BCUT2D eigenvalue weighted by Gasteiger charge is -2.20. The topological polar surface area (TPSA) is 12.0 Å². The number of aryl methyl sites for hydroxylation is 2. The van der Waals surface area contributed by atoms with Crippen molar-refractivity contribution in [1.29, 1.82) is 0 Å². The maximum absolute atomic E-state index is 3.59. The summed E-state index contributed by atoms with van der Waals surface area (Å²) in [5.41, 5.74) is 4.14. The van der Waals surface area contributed by atoms with Gasteiger partial charge in [0.05, 0.1) is 0 Å². The summed E-state index contributed by atoms with van der Waals surface area (Å²) in [5.74, 6) is 0. The van der Waals surface area contributed by atoms with Crippen LogP contribution in [0.15, 0.2) is 18.2 Å². The summed E-state index contributed by atoms with van der Waals surface area (Å²) in [6.07, 6.45) is 1.18. The third-order valence-corrected chi connectivity index (χ3v) is 3.18. The van der Waals surface area contributed by atoms with Gasteiger partial charge in [0.25, 0.3) is 0 Å². The Morgan fingerprint density at radius 3 is 2.33 bits per heavy atom. The van der Waals surface area contributed by atoms with E-state index in [9.17, 15) is 0 Å². The summed E-state index contributed by atoms with van der Waals surface area (Å²) in [6.45, 7) is 11.0. The van der Waals surface area contributed by atoms with Gasteiger partial charge < -0.3 is 5.32 Å². The van der Waals surface area contributed by atoms with Crippen molar-refractivity contribution in [1.82, 2.24) is 5.32 Å². The van der Waals surface area contributed by atoms with Gasteiger partial charge in [0.1, 0.15) is 0 Å². The Kier molecular flexibility index (Phi) is 4.34. The quantitative estimate of drug-likeness (QED) is 0.789. The maximum atomic E-state index is 3.59. The Bertz CT molecular complexity index is 317. The van der Waals surface area contributed by atoms with E-state index in [4.69, 9.17) is 0 Å². The van der Waals surface area contributed by atoms with Crippen molar-refractivity contribution in [2.75, 3.05) is 0 Å². The molecule has 0 aliphatic rings. The monoisotopic (exact) mass is 205 g/mol. The van der Waals surface area contributed by atoms with Crippen molar-refractivity contribution in [2.24, 2.45) is 0 Å². The molecular formula is C14H23N. The molecule has 0 saturated carbocycles. The molecule has 15 heavy (non-hydrogen) atoms. The Balaban J connectivity index is 2.73. The van der Waals surface area contributed by atoms with Crippen LogP contribution in [0.2, 0.25) is 0 Å². The lowest BCUT2D eigenvalue weighted by molar-refractivity contribution is 0.469. The highest BCUT2D eigenvalue weighted by molar-refractivity contribution is 5.31. The number of hydrogen-bond donors (Lipinski definition) is 1. The van der Waals surface area contributed by atoms with E-state index in [1.165, 1.54) is 23.1 Å². The van der Waals surface area contributed by atoms with E-state index >= 15 is 0 Å². The van der Waals surface area contributed by atoms with E-state index in [1.807, 2.05) is 0 Å². The predicted molar refractivity (Wildman–Crippen MR) is 67.2 cm³/mol. The van der Waals surface area contributed by atoms with Gasteiger partial charge in [-0.05, 0) is 50.8 Å². The molecule has 0 fully saturated rings. The van der Waals surface area contributed by atoms with Crippen LogP contribution in [0.1, 0.15) is 49.9 Å². The molecule has 0 spiro atoms. The SMILES string of the molecule is CCC(C)NC(C)c1ccc(C)c(C)c1. The summed E-state index contributed by atoms with van der Waals surface area (Å²) >= 11 is 0. The second-order valence-electron chi connectivity index (χ2n) is 4.54. The fraction of sp³-hybridized carbons (Fsp3) is 0.571. The molecule has 0 bridgehead atoms. The molecule has 1 aromatic carbocycles. The van der Waals surface area contributed by atoms with Gasteiger partial charge >= 0.3 is 0 Å². The average molecular weight is 205 g/mol. The van der Waals surface area contributed by atoms with Gasteiger partial charge in [-0.25, -0.2) is 0 Å². The van der Waals surface area contributed by atoms with Crippen molar-refractivity contribution in [2.45, 2.75) is 53.1 Å². The number of benzene rings is 1. The van der Waals surface area contributed by atoms with Gasteiger partial charge in [0.2, 0.25) is 0 Å². The molecule has 1 rings (SSSR count). The van der Waals surface area contributed by atoms with E-state index in [0.29, 0.717) is 12.1 Å². The zero-order valence-corrected chi connectivity index (χ0v) is 10.6. The molecule has 0 radical (unpaired) electrons. The minimum atomic E-state index is 0.444. The third kappa shape index (κ3) is 3.35. The smallest absolute Gasteiger partial charge is 0.0294 e. The molecule has 84 valence electrons. The molecule has 0 saturated heterocycles. The molecule has 1 aromatic rings. The van der Waals surface area contributed by atoms with Gasteiger partial charge in [0.15, 0.2) is 0 Å². The van der Waals surface area contributed by atoms with Crippen LogP contribution in [0.4, 0.5) is 0 Å². The molecular weight excluding hydrogens is 182 g/mol. The van der Waals surface area contributed by atoms with E-state index in [2.05, 4.69) is 58.1 Å². The Morgan fingerprint density at radius 2 is 1.80 bits per heavy atom. The molecule has 1 heteroatoms. The molecule has 0 aliphatic carbocycles. The molecule has 0 aromatic heterocycles. The first-order valence-electron chi connectivity index (χ1n) is 5.87. The maximum Gasteiger partial charge on any atom is 0.0294 e. The first kappa shape index (κ1) is 12.3. The van der Waals surface area contributed by atoms with Crippen LogP contribution < -0.4 is 5.32 Å². The van der Waals surface area contributed by atoms with Gasteiger partial charge in [-0.1, -0.05) is 25.1 Å². The molecule has 2 unspecified atom stereocenters. The minimum Gasteiger partial charge on any atom is -0.308 e. The largest absolute Gasteiger partial charge is 0.308 e. The third-order valence-electron chi connectivity index (χ3n) is 3.18. The number of rotatable bonds is 4. The second kappa shape index (κ2) is 5.32. The van der Waals surface area contributed by atoms with Crippen LogP contribution in [0, 0.1) is 13.8 Å². The predicted octanol–water partition coefficient (Wildman–Crippen LogP) is 3.75. The summed E-state index contributed by atoms with van der Waals surface area (Å²) in [4.78, 5) is 0. The van der Waals surface area contributed by atoms with Gasteiger partial charge in [0, 0.05) is 12.1 Å². The second-order valence-corrected chi connectivity index (χ2v) is 4.54. The Morgan fingerprint density at radius 1 is 1.13 bits per heavy atom. The molecule has 0 amide bonds. The van der Waals surface area contributed by atoms with E-state index in [-0.39, 0.29) is 0 Å². The molecule has 0 aliphatic heterocycles. The standard InChI is InChI=1S/C14H23N/c1-6-12(4)15-13(5)14-8-7-10(2)11(3)9-14/h7-9,12-13,15H,6H2,1-5H3. The average Bonchev–Trinajstić information content (AvgIpc) is 2.21. The highest BCUT2D eigenvalue weighted by Crippen LogP contribution is 2.17. The van der Waals surface area contributed by atoms with E-state index in [1.54, 1.807) is 0 Å². The van der Waals surface area contributed by atoms with Crippen LogP contribution in [-0.4, -0.2) is 6.04 Å². The van der Waals surface area contributed by atoms with Gasteiger partial charge in [-0.15, -0.1) is 0 Å². The Labute approximate surface area is 93.9 Å². The normalized spacial score (nSPS) is 15.0. The minimum absolute atomic E-state index is 0.444. The lowest BCUT2D eigenvalue weighted by Crippen LogP contribution is -2.28. The van der Waals surface area contributed by atoms with Crippen molar-refractivity contribution in [3.63, 3.8) is 0 Å². The first-order valence-corrected chi connectivity index (χ1v) is 5.87. The van der Waals surface area contributed by atoms with Crippen LogP contribution in [-0.2, 0) is 0 Å². The van der Waals surface area contributed by atoms with Crippen LogP contribution >= 0.6 is 0 Å². The molecule has 1 nitrogen and oxygen atoms in total. The molecule has 2 atom stereocenters. The fourth-order valence-electron chi connectivity index (χ4n) is 1.67. The molecule has 1 N–H and O–H groups in total. The summed E-state index contributed by atoms with van der Waals surface area (Å²) in [5, 5.41) is 3.59. The highest BCUT2D eigenvalue weighted by Gasteiger charge is 2.08. The van der Waals surface area contributed by atoms with Gasteiger partial charge in [-0.2, -0.15) is 0 Å². The molecule has 0 heterocycles. The summed E-state index contributed by atoms with van der Waals surface area (Å²) < 4.78 is 0. The zero-order chi connectivity index (χ0) is 11.4. The van der Waals surface area contributed by atoms with Crippen molar-refractivity contribution in [3.05, 3.63) is 34.9 Å².